The summed E-state index contributed by atoms with van der Waals surface area (Å²) in [6.07, 6.45) is 3.46. The lowest BCUT2D eigenvalue weighted by Gasteiger charge is -2.09. The second-order valence-electron chi connectivity index (χ2n) is 3.42. The molecule has 1 aromatic heterocycles. The van der Waals surface area contributed by atoms with Crippen molar-refractivity contribution in [2.75, 3.05) is 20.3 Å². The van der Waals surface area contributed by atoms with Crippen LogP contribution in [0.3, 0.4) is 0 Å². The minimum absolute atomic E-state index is 0.277. The van der Waals surface area contributed by atoms with Gasteiger partial charge in [0.25, 0.3) is 0 Å². The highest BCUT2D eigenvalue weighted by Crippen LogP contribution is 1.94. The number of rotatable bonds is 5. The first-order valence-electron chi connectivity index (χ1n) is 5.45. The van der Waals surface area contributed by atoms with E-state index in [4.69, 9.17) is 22.7 Å². The first-order valence-corrected chi connectivity index (χ1v) is 5.86. The van der Waals surface area contributed by atoms with Crippen molar-refractivity contribution in [3.05, 3.63) is 30.1 Å². The molecule has 6 nitrogen and oxygen atoms in total. The van der Waals surface area contributed by atoms with Crippen molar-refractivity contribution in [2.45, 2.75) is 6.54 Å². The molecule has 0 unspecified atom stereocenters. The Hall–Kier alpha value is -1.73. The van der Waals surface area contributed by atoms with E-state index in [0.717, 1.165) is 5.56 Å². The number of aliphatic imine (C=N–C) groups is 1. The Labute approximate surface area is 112 Å². The highest BCUT2D eigenvalue weighted by Gasteiger charge is 1.98. The summed E-state index contributed by atoms with van der Waals surface area (Å²) < 4.78 is 4.86. The third kappa shape index (κ3) is 6.12. The first kappa shape index (κ1) is 14.3. The van der Waals surface area contributed by atoms with Gasteiger partial charge in [0.1, 0.15) is 0 Å². The van der Waals surface area contributed by atoms with Crippen LogP contribution in [0.2, 0.25) is 0 Å². The number of thiocarbonyl (C=S) groups is 1. The van der Waals surface area contributed by atoms with E-state index >= 15 is 0 Å². The van der Waals surface area contributed by atoms with Gasteiger partial charge in [-0.1, -0.05) is 0 Å². The normalized spacial score (nSPS) is 11.1. The van der Waals surface area contributed by atoms with Crippen molar-refractivity contribution in [1.29, 1.82) is 0 Å². The lowest BCUT2D eigenvalue weighted by molar-refractivity contribution is 0.208. The zero-order chi connectivity index (χ0) is 13.2. The maximum atomic E-state index is 5.63. The van der Waals surface area contributed by atoms with E-state index in [0.29, 0.717) is 24.8 Å². The van der Waals surface area contributed by atoms with Crippen molar-refractivity contribution < 1.29 is 4.74 Å². The van der Waals surface area contributed by atoms with E-state index in [1.807, 2.05) is 12.1 Å². The average Bonchev–Trinajstić information content (AvgIpc) is 2.38. The Bertz CT molecular complexity index is 396. The van der Waals surface area contributed by atoms with Gasteiger partial charge in [0.15, 0.2) is 11.1 Å². The summed E-state index contributed by atoms with van der Waals surface area (Å²) in [5.74, 6) is 0.277. The van der Waals surface area contributed by atoms with Crippen molar-refractivity contribution in [1.82, 2.24) is 15.6 Å². The lowest BCUT2D eigenvalue weighted by atomic mass is 10.3. The van der Waals surface area contributed by atoms with E-state index in [1.165, 1.54) is 0 Å². The molecule has 0 saturated carbocycles. The number of hydrogen-bond acceptors (Lipinski definition) is 4. The van der Waals surface area contributed by atoms with Gasteiger partial charge in [0.2, 0.25) is 0 Å². The predicted octanol–water partition coefficient (Wildman–Crippen LogP) is 0.00680. The topological polar surface area (TPSA) is 84.6 Å². The summed E-state index contributed by atoms with van der Waals surface area (Å²) in [5.41, 5.74) is 6.72. The number of nitrogens with zero attached hydrogens (tertiary/aromatic N) is 2. The Morgan fingerprint density at radius 1 is 1.50 bits per heavy atom. The second-order valence-corrected chi connectivity index (χ2v) is 3.83. The van der Waals surface area contributed by atoms with Crippen LogP contribution in [0.4, 0.5) is 0 Å². The molecule has 98 valence electrons. The molecule has 0 fully saturated rings. The number of pyridine rings is 1. The Kier molecular flexibility index (Phi) is 6.67. The SMILES string of the molecule is COCCN=C(N)NC(=S)NCc1ccncc1. The Balaban J connectivity index is 2.27. The summed E-state index contributed by atoms with van der Waals surface area (Å²) in [6, 6.07) is 3.82. The molecule has 0 spiro atoms. The summed E-state index contributed by atoms with van der Waals surface area (Å²) in [4.78, 5) is 7.97. The van der Waals surface area contributed by atoms with Gasteiger partial charge in [-0.3, -0.25) is 9.98 Å². The molecule has 18 heavy (non-hydrogen) atoms. The first-order chi connectivity index (χ1) is 8.72. The van der Waals surface area contributed by atoms with Crippen LogP contribution in [0.1, 0.15) is 5.56 Å². The molecule has 1 heterocycles. The highest BCUT2D eigenvalue weighted by atomic mass is 32.1. The number of methoxy groups -OCH3 is 1. The van der Waals surface area contributed by atoms with Gasteiger partial charge < -0.3 is 21.1 Å². The second kappa shape index (κ2) is 8.37. The van der Waals surface area contributed by atoms with Gasteiger partial charge in [-0.05, 0) is 29.9 Å². The minimum Gasteiger partial charge on any atom is -0.383 e. The molecule has 0 amide bonds. The molecule has 0 aliphatic heterocycles. The molecular formula is C11H17N5OS. The molecule has 1 rings (SSSR count). The number of hydrogen-bond donors (Lipinski definition) is 3. The third-order valence-electron chi connectivity index (χ3n) is 2.02. The van der Waals surface area contributed by atoms with Crippen molar-refractivity contribution >= 4 is 23.3 Å². The fourth-order valence-corrected chi connectivity index (χ4v) is 1.32. The summed E-state index contributed by atoms with van der Waals surface area (Å²) >= 11 is 5.08. The zero-order valence-corrected chi connectivity index (χ0v) is 11.0. The summed E-state index contributed by atoms with van der Waals surface area (Å²) in [6.45, 7) is 1.64. The molecule has 0 aliphatic rings. The molecular weight excluding hydrogens is 250 g/mol. The van der Waals surface area contributed by atoms with Crippen molar-refractivity contribution in [3.63, 3.8) is 0 Å². The molecule has 0 aromatic carbocycles. The van der Waals surface area contributed by atoms with Gasteiger partial charge in [0, 0.05) is 26.0 Å². The van der Waals surface area contributed by atoms with Crippen LogP contribution in [-0.2, 0) is 11.3 Å². The number of nitrogens with two attached hydrogens (primary N) is 1. The molecule has 7 heteroatoms. The maximum Gasteiger partial charge on any atom is 0.194 e. The van der Waals surface area contributed by atoms with E-state index in [-0.39, 0.29) is 5.96 Å². The van der Waals surface area contributed by atoms with E-state index in [2.05, 4.69) is 20.6 Å². The number of ether oxygens (including phenoxy) is 1. The fourth-order valence-electron chi connectivity index (χ4n) is 1.14. The molecule has 0 aliphatic carbocycles. The van der Waals surface area contributed by atoms with E-state index < -0.39 is 0 Å². The van der Waals surface area contributed by atoms with Crippen LogP contribution in [0.25, 0.3) is 0 Å². The van der Waals surface area contributed by atoms with Crippen LogP contribution < -0.4 is 16.4 Å². The van der Waals surface area contributed by atoms with Gasteiger partial charge in [0.05, 0.1) is 13.2 Å². The largest absolute Gasteiger partial charge is 0.383 e. The van der Waals surface area contributed by atoms with Crippen LogP contribution in [0.5, 0.6) is 0 Å². The molecule has 4 N–H and O–H groups in total. The van der Waals surface area contributed by atoms with Gasteiger partial charge in [-0.25, -0.2) is 0 Å². The Morgan fingerprint density at radius 3 is 2.89 bits per heavy atom. The standard InChI is InChI=1S/C11H17N5OS/c1-17-7-6-14-10(12)16-11(18)15-8-9-2-4-13-5-3-9/h2-5H,6-8H2,1H3,(H4,12,14,15,16,18). The fraction of sp³-hybridized carbons (Fsp3) is 0.364. The zero-order valence-electron chi connectivity index (χ0n) is 10.2. The predicted molar refractivity (Wildman–Crippen MR) is 75.2 cm³/mol. The summed E-state index contributed by atoms with van der Waals surface area (Å²) in [5, 5.41) is 6.24. The quantitative estimate of drug-likeness (QED) is 0.301. The van der Waals surface area contributed by atoms with E-state index in [1.54, 1.807) is 19.5 Å². The third-order valence-corrected chi connectivity index (χ3v) is 2.27. The number of nitrogens with one attached hydrogen (secondary N) is 2. The van der Waals surface area contributed by atoms with Crippen LogP contribution in [0, 0.1) is 0 Å². The molecule has 0 radical (unpaired) electrons. The minimum atomic E-state index is 0.277. The van der Waals surface area contributed by atoms with Crippen molar-refractivity contribution in [3.8, 4) is 0 Å². The molecule has 0 bridgehead atoms. The van der Waals surface area contributed by atoms with Crippen LogP contribution in [-0.4, -0.2) is 36.3 Å². The monoisotopic (exact) mass is 267 g/mol. The molecule has 1 aromatic rings. The van der Waals surface area contributed by atoms with E-state index in [9.17, 15) is 0 Å². The molecule has 0 atom stereocenters. The van der Waals surface area contributed by atoms with Crippen LogP contribution >= 0.6 is 12.2 Å². The van der Waals surface area contributed by atoms with Gasteiger partial charge in [-0.2, -0.15) is 0 Å². The summed E-state index contributed by atoms with van der Waals surface area (Å²) in [7, 11) is 1.61. The highest BCUT2D eigenvalue weighted by molar-refractivity contribution is 7.80. The number of guanidine groups is 1. The van der Waals surface area contributed by atoms with Crippen LogP contribution in [0.15, 0.2) is 29.5 Å². The number of aromatic nitrogens is 1. The molecule has 0 saturated heterocycles. The average molecular weight is 267 g/mol. The van der Waals surface area contributed by atoms with Gasteiger partial charge in [-0.15, -0.1) is 0 Å². The maximum absolute atomic E-state index is 5.63. The van der Waals surface area contributed by atoms with Gasteiger partial charge >= 0.3 is 0 Å². The smallest absolute Gasteiger partial charge is 0.194 e. The lowest BCUT2D eigenvalue weighted by Crippen LogP contribution is -2.43. The van der Waals surface area contributed by atoms with Crippen molar-refractivity contribution in [2.24, 2.45) is 10.7 Å². The Morgan fingerprint density at radius 2 is 2.22 bits per heavy atom.